The van der Waals surface area contributed by atoms with Gasteiger partial charge in [-0.1, -0.05) is 22.0 Å². The Labute approximate surface area is 193 Å². The van der Waals surface area contributed by atoms with E-state index >= 15 is 0 Å². The predicted octanol–water partition coefficient (Wildman–Crippen LogP) is 4.78. The van der Waals surface area contributed by atoms with Crippen LogP contribution in [0.5, 0.6) is 0 Å². The van der Waals surface area contributed by atoms with E-state index in [2.05, 4.69) is 26.3 Å². The smallest absolute Gasteiger partial charge is 0.359 e. The molecule has 0 bridgehead atoms. The van der Waals surface area contributed by atoms with Crippen LogP contribution < -0.4 is 10.9 Å². The van der Waals surface area contributed by atoms with Gasteiger partial charge in [-0.15, -0.1) is 11.3 Å². The lowest BCUT2D eigenvalue weighted by Crippen LogP contribution is -2.25. The highest BCUT2D eigenvalue weighted by Gasteiger charge is 2.23. The van der Waals surface area contributed by atoms with Crippen LogP contribution in [0.15, 0.2) is 63.2 Å². The molecule has 0 saturated heterocycles. The van der Waals surface area contributed by atoms with Crippen molar-refractivity contribution in [3.8, 4) is 5.69 Å². The second-order valence-corrected chi connectivity index (χ2v) is 8.38. The van der Waals surface area contributed by atoms with Crippen LogP contribution in [0.2, 0.25) is 0 Å². The highest BCUT2D eigenvalue weighted by atomic mass is 79.9. The van der Waals surface area contributed by atoms with Crippen LogP contribution in [0.4, 0.5) is 9.39 Å². The molecule has 0 aliphatic carbocycles. The van der Waals surface area contributed by atoms with E-state index in [4.69, 9.17) is 4.74 Å². The first-order valence-corrected chi connectivity index (χ1v) is 11.1. The minimum absolute atomic E-state index is 0.0859. The molecule has 10 heteroatoms. The Kier molecular flexibility index (Phi) is 6.15. The zero-order valence-electron chi connectivity index (χ0n) is 16.6. The van der Waals surface area contributed by atoms with E-state index < -0.39 is 23.3 Å². The summed E-state index contributed by atoms with van der Waals surface area (Å²) in [4.78, 5) is 38.6. The summed E-state index contributed by atoms with van der Waals surface area (Å²) in [6, 6.07) is 12.0. The van der Waals surface area contributed by atoms with Crippen LogP contribution in [0, 0.1) is 5.82 Å². The van der Waals surface area contributed by atoms with E-state index in [-0.39, 0.29) is 33.8 Å². The zero-order chi connectivity index (χ0) is 22.8. The van der Waals surface area contributed by atoms with E-state index in [9.17, 15) is 18.8 Å². The Bertz CT molecular complexity index is 1400. The van der Waals surface area contributed by atoms with Gasteiger partial charge in [-0.2, -0.15) is 9.78 Å². The number of nitrogens with one attached hydrogen (secondary N) is 1. The molecule has 0 aliphatic heterocycles. The van der Waals surface area contributed by atoms with Crippen LogP contribution in [-0.2, 0) is 4.74 Å². The number of amides is 1. The lowest BCUT2D eigenvalue weighted by Gasteiger charge is -2.10. The molecule has 0 radical (unpaired) electrons. The van der Waals surface area contributed by atoms with Crippen molar-refractivity contribution in [2.75, 3.05) is 11.9 Å². The summed E-state index contributed by atoms with van der Waals surface area (Å²) >= 11 is 4.40. The first-order valence-electron chi connectivity index (χ1n) is 9.43. The molecular formula is C22H15BrFN3O4S. The van der Waals surface area contributed by atoms with Gasteiger partial charge in [0.15, 0.2) is 5.69 Å². The molecule has 2 heterocycles. The number of aromatic nitrogens is 2. The molecule has 2 aromatic heterocycles. The van der Waals surface area contributed by atoms with Gasteiger partial charge in [-0.05, 0) is 49.4 Å². The molecule has 0 unspecified atom stereocenters. The summed E-state index contributed by atoms with van der Waals surface area (Å²) < 4.78 is 20.6. The lowest BCUT2D eigenvalue weighted by molar-refractivity contribution is 0.0520. The highest BCUT2D eigenvalue weighted by molar-refractivity contribution is 9.10. The van der Waals surface area contributed by atoms with E-state index in [0.29, 0.717) is 5.56 Å². The van der Waals surface area contributed by atoms with Gasteiger partial charge >= 0.3 is 5.97 Å². The Balaban J connectivity index is 1.88. The maximum atomic E-state index is 13.8. The molecule has 32 heavy (non-hydrogen) atoms. The first kappa shape index (κ1) is 21.8. The summed E-state index contributed by atoms with van der Waals surface area (Å²) in [5, 5.41) is 9.01. The Hall–Kier alpha value is -3.37. The second kappa shape index (κ2) is 9.01. The summed E-state index contributed by atoms with van der Waals surface area (Å²) in [6.45, 7) is 1.76. The third-order valence-corrected chi connectivity index (χ3v) is 5.93. The fourth-order valence-electron chi connectivity index (χ4n) is 3.05. The molecule has 162 valence electrons. The second-order valence-electron chi connectivity index (χ2n) is 6.58. The number of carbonyl (C=O) groups excluding carboxylic acids is 2. The molecule has 7 nitrogen and oxygen atoms in total. The monoisotopic (exact) mass is 515 g/mol. The highest BCUT2D eigenvalue weighted by Crippen LogP contribution is 2.31. The summed E-state index contributed by atoms with van der Waals surface area (Å²) in [5.74, 6) is -1.72. The van der Waals surface area contributed by atoms with Crippen LogP contribution in [0.25, 0.3) is 16.5 Å². The fourth-order valence-corrected chi connectivity index (χ4v) is 4.25. The quantitative estimate of drug-likeness (QED) is 0.386. The normalized spacial score (nSPS) is 10.8. The third-order valence-electron chi connectivity index (χ3n) is 4.51. The van der Waals surface area contributed by atoms with Crippen LogP contribution in [-0.4, -0.2) is 28.3 Å². The van der Waals surface area contributed by atoms with Crippen LogP contribution in [0.3, 0.4) is 0 Å². The number of esters is 1. The number of fused-ring (bicyclic) bond motifs is 1. The Morgan fingerprint density at radius 3 is 2.66 bits per heavy atom. The minimum Gasteiger partial charge on any atom is -0.461 e. The number of thiophene rings is 1. The van der Waals surface area contributed by atoms with Gasteiger partial charge in [0.2, 0.25) is 0 Å². The number of hydrogen-bond acceptors (Lipinski definition) is 6. The van der Waals surface area contributed by atoms with Crippen LogP contribution >= 0.6 is 27.3 Å². The SMILES string of the molecule is CCOC(=O)c1nn(-c2cccc(F)c2)c(=O)c2c(NC(=O)c3ccc(Br)cc3)scc12. The fraction of sp³-hybridized carbons (Fsp3) is 0.0909. The van der Waals surface area contributed by atoms with Gasteiger partial charge in [0.1, 0.15) is 10.8 Å². The topological polar surface area (TPSA) is 90.3 Å². The van der Waals surface area contributed by atoms with Gasteiger partial charge in [0.05, 0.1) is 17.7 Å². The Morgan fingerprint density at radius 1 is 1.22 bits per heavy atom. The van der Waals surface area contributed by atoms with Crippen molar-refractivity contribution in [3.63, 3.8) is 0 Å². The van der Waals surface area contributed by atoms with Crippen molar-refractivity contribution >= 4 is 54.9 Å². The van der Waals surface area contributed by atoms with E-state index in [1.54, 1.807) is 36.6 Å². The maximum absolute atomic E-state index is 13.8. The molecule has 2 aromatic carbocycles. The van der Waals surface area contributed by atoms with E-state index in [0.717, 1.165) is 26.6 Å². The number of hydrogen-bond donors (Lipinski definition) is 1. The van der Waals surface area contributed by atoms with Crippen molar-refractivity contribution in [1.82, 2.24) is 9.78 Å². The first-order chi connectivity index (χ1) is 15.4. The predicted molar refractivity (Wildman–Crippen MR) is 123 cm³/mol. The van der Waals surface area contributed by atoms with Gasteiger partial charge in [0.25, 0.3) is 11.5 Å². The summed E-state index contributed by atoms with van der Waals surface area (Å²) in [6.07, 6.45) is 0. The molecule has 0 spiro atoms. The number of nitrogens with zero attached hydrogens (tertiary/aromatic N) is 2. The maximum Gasteiger partial charge on any atom is 0.359 e. The molecule has 0 fully saturated rings. The molecule has 0 aliphatic rings. The molecule has 1 N–H and O–H groups in total. The number of benzene rings is 2. The Morgan fingerprint density at radius 2 is 1.97 bits per heavy atom. The van der Waals surface area contributed by atoms with Gasteiger partial charge < -0.3 is 10.1 Å². The van der Waals surface area contributed by atoms with Gasteiger partial charge in [-0.3, -0.25) is 9.59 Å². The lowest BCUT2D eigenvalue weighted by atomic mass is 10.2. The van der Waals surface area contributed by atoms with Crippen molar-refractivity contribution in [2.24, 2.45) is 0 Å². The van der Waals surface area contributed by atoms with Gasteiger partial charge in [0, 0.05) is 20.8 Å². The third kappa shape index (κ3) is 4.19. The number of ether oxygens (including phenoxy) is 1. The molecule has 0 atom stereocenters. The number of carbonyl (C=O) groups is 2. The average Bonchev–Trinajstić information content (AvgIpc) is 3.18. The van der Waals surface area contributed by atoms with Crippen molar-refractivity contribution in [1.29, 1.82) is 0 Å². The molecule has 4 rings (SSSR count). The zero-order valence-corrected chi connectivity index (χ0v) is 19.0. The van der Waals surface area contributed by atoms with Crippen molar-refractivity contribution < 1.29 is 18.7 Å². The van der Waals surface area contributed by atoms with Crippen molar-refractivity contribution in [3.05, 3.63) is 85.8 Å². The molecule has 1 amide bonds. The summed E-state index contributed by atoms with van der Waals surface area (Å²) in [5.41, 5.74) is -0.184. The standard InChI is InChI=1S/C22H15BrFN3O4S/c1-2-31-22(30)18-16-11-32-20(25-19(28)12-6-8-13(23)9-7-12)17(16)21(29)27(26-18)15-5-3-4-14(24)10-15/h3-11H,2H2,1H3,(H,25,28). The average molecular weight is 516 g/mol. The molecule has 0 saturated carbocycles. The summed E-state index contributed by atoms with van der Waals surface area (Å²) in [7, 11) is 0. The number of halogens is 2. The largest absolute Gasteiger partial charge is 0.461 e. The number of anilines is 1. The van der Waals surface area contributed by atoms with E-state index in [1.807, 2.05) is 0 Å². The molecular weight excluding hydrogens is 501 g/mol. The minimum atomic E-state index is -0.730. The number of rotatable bonds is 5. The van der Waals surface area contributed by atoms with Crippen molar-refractivity contribution in [2.45, 2.75) is 6.92 Å². The van der Waals surface area contributed by atoms with E-state index in [1.165, 1.54) is 18.2 Å². The van der Waals surface area contributed by atoms with Crippen LogP contribution in [0.1, 0.15) is 27.8 Å². The molecule has 4 aromatic rings. The van der Waals surface area contributed by atoms with Gasteiger partial charge in [-0.25, -0.2) is 9.18 Å².